The monoisotopic (exact) mass is 523 g/mol. The molecule has 190 valence electrons. The smallest absolute Gasteiger partial charge is 0.0906 e. The van der Waals surface area contributed by atoms with Gasteiger partial charge in [0.1, 0.15) is 0 Å². The van der Waals surface area contributed by atoms with Crippen molar-refractivity contribution < 1.29 is 4.39 Å². The Hall–Kier alpha value is -1.87. The van der Waals surface area contributed by atoms with Gasteiger partial charge in [0.2, 0.25) is 0 Å². The van der Waals surface area contributed by atoms with Crippen LogP contribution in [0.5, 0.6) is 0 Å². The number of hydrogen-bond acceptors (Lipinski definition) is 1. The zero-order chi connectivity index (χ0) is 25.1. The van der Waals surface area contributed by atoms with Crippen LogP contribution in [0.15, 0.2) is 60.2 Å². The van der Waals surface area contributed by atoms with E-state index in [9.17, 15) is 4.39 Å². The Kier molecular flexibility index (Phi) is 8.35. The number of halogens is 3. The van der Waals surface area contributed by atoms with Crippen LogP contribution in [0.25, 0.3) is 11.1 Å². The molecule has 0 aromatic heterocycles. The van der Waals surface area contributed by atoms with Gasteiger partial charge < -0.3 is 4.90 Å². The number of hydrogen-bond donors (Lipinski definition) is 0. The minimum absolute atomic E-state index is 0.210. The molecule has 1 fully saturated rings. The van der Waals surface area contributed by atoms with Crippen LogP contribution in [-0.2, 0) is 6.42 Å². The number of benzene rings is 2. The number of rotatable bonds is 7. The molecule has 0 radical (unpaired) electrons. The summed E-state index contributed by atoms with van der Waals surface area (Å²) >= 11 is 13.0. The Morgan fingerprint density at radius 2 is 1.92 bits per heavy atom. The van der Waals surface area contributed by atoms with Gasteiger partial charge in [0.25, 0.3) is 0 Å². The molecule has 0 bridgehead atoms. The molecule has 1 heterocycles. The third-order valence-electron chi connectivity index (χ3n) is 8.05. The van der Waals surface area contributed by atoms with Gasteiger partial charge >= 0.3 is 0 Å². The summed E-state index contributed by atoms with van der Waals surface area (Å²) in [5.74, 6) is 1.01. The van der Waals surface area contributed by atoms with Gasteiger partial charge in [-0.3, -0.25) is 4.39 Å². The quantitative estimate of drug-likeness (QED) is 0.349. The Labute approximate surface area is 225 Å². The van der Waals surface area contributed by atoms with Gasteiger partial charge in [-0.05, 0) is 104 Å². The molecule has 1 saturated heterocycles. The number of nitrogens with zero attached hydrogens (tertiary/aromatic N) is 1. The first kappa shape index (κ1) is 25.8. The summed E-state index contributed by atoms with van der Waals surface area (Å²) < 4.78 is 12.6. The zero-order valence-electron chi connectivity index (χ0n) is 21.2. The molecule has 3 aliphatic rings. The summed E-state index contributed by atoms with van der Waals surface area (Å²) in [5.41, 5.74) is 9.51. The van der Waals surface area contributed by atoms with Crippen molar-refractivity contribution in [3.05, 3.63) is 92.5 Å². The van der Waals surface area contributed by atoms with Crippen LogP contribution in [0, 0.1) is 18.8 Å². The first-order valence-corrected chi connectivity index (χ1v) is 14.2. The van der Waals surface area contributed by atoms with Crippen molar-refractivity contribution in [2.24, 2.45) is 11.8 Å². The predicted octanol–water partition coefficient (Wildman–Crippen LogP) is 9.12. The van der Waals surface area contributed by atoms with Gasteiger partial charge in [-0.1, -0.05) is 76.8 Å². The van der Waals surface area contributed by atoms with Crippen molar-refractivity contribution >= 4 is 34.3 Å². The molecule has 0 spiro atoms. The normalized spacial score (nSPS) is 22.5. The SMILES string of the molecule is Cc1ccc2c(c1)CCCC(c1ccc(Cl)cc1Cl)=C2C1C=CC(CC2CCN(CCCF)C2)=CC1. The summed E-state index contributed by atoms with van der Waals surface area (Å²) in [6.45, 7) is 5.08. The largest absolute Gasteiger partial charge is 0.303 e. The topological polar surface area (TPSA) is 3.24 Å². The summed E-state index contributed by atoms with van der Waals surface area (Å²) in [7, 11) is 0. The average Bonchev–Trinajstić information content (AvgIpc) is 3.22. The zero-order valence-corrected chi connectivity index (χ0v) is 22.7. The Balaban J connectivity index is 1.42. The summed E-state index contributed by atoms with van der Waals surface area (Å²) in [6, 6.07) is 12.9. The van der Waals surface area contributed by atoms with Crippen molar-refractivity contribution in [2.75, 3.05) is 26.3 Å². The number of alkyl halides is 1. The molecule has 5 rings (SSSR count). The van der Waals surface area contributed by atoms with Crippen molar-refractivity contribution in [3.63, 3.8) is 0 Å². The van der Waals surface area contributed by atoms with Crippen molar-refractivity contribution in [1.82, 2.24) is 4.90 Å². The molecule has 2 unspecified atom stereocenters. The Bertz CT molecular complexity index is 1190. The minimum atomic E-state index is -0.210. The molecule has 2 aromatic carbocycles. The van der Waals surface area contributed by atoms with E-state index < -0.39 is 0 Å². The highest BCUT2D eigenvalue weighted by molar-refractivity contribution is 6.36. The second-order valence-electron chi connectivity index (χ2n) is 10.7. The highest BCUT2D eigenvalue weighted by atomic mass is 35.5. The van der Waals surface area contributed by atoms with E-state index in [4.69, 9.17) is 23.2 Å². The highest BCUT2D eigenvalue weighted by Crippen LogP contribution is 2.45. The van der Waals surface area contributed by atoms with Crippen LogP contribution in [0.1, 0.15) is 60.8 Å². The molecule has 1 aliphatic heterocycles. The lowest BCUT2D eigenvalue weighted by Crippen LogP contribution is -2.22. The molecular formula is C32H36Cl2FN. The highest BCUT2D eigenvalue weighted by Gasteiger charge is 2.27. The second-order valence-corrected chi connectivity index (χ2v) is 11.6. The summed E-state index contributed by atoms with van der Waals surface area (Å²) in [5, 5.41) is 1.41. The molecule has 0 amide bonds. The Morgan fingerprint density at radius 1 is 1.06 bits per heavy atom. The van der Waals surface area contributed by atoms with Crippen molar-refractivity contribution in [1.29, 1.82) is 0 Å². The first-order chi connectivity index (χ1) is 17.5. The fourth-order valence-electron chi connectivity index (χ4n) is 6.31. The predicted molar refractivity (Wildman–Crippen MR) is 152 cm³/mol. The van der Waals surface area contributed by atoms with Gasteiger partial charge in [-0.2, -0.15) is 0 Å². The van der Waals surface area contributed by atoms with E-state index in [-0.39, 0.29) is 6.67 Å². The number of aryl methyl sites for hydroxylation is 2. The van der Waals surface area contributed by atoms with Gasteiger partial charge in [0, 0.05) is 29.1 Å². The van der Waals surface area contributed by atoms with Crippen LogP contribution < -0.4 is 0 Å². The van der Waals surface area contributed by atoms with Crippen LogP contribution in [0.4, 0.5) is 4.39 Å². The average molecular weight is 525 g/mol. The molecule has 1 nitrogen and oxygen atoms in total. The lowest BCUT2D eigenvalue weighted by atomic mass is 9.79. The maximum absolute atomic E-state index is 12.6. The molecule has 0 N–H and O–H groups in total. The number of allylic oxidation sites excluding steroid dienone is 6. The molecule has 2 aliphatic carbocycles. The molecule has 4 heteroatoms. The van der Waals surface area contributed by atoms with Crippen LogP contribution >= 0.6 is 23.2 Å². The van der Waals surface area contributed by atoms with E-state index in [0.717, 1.165) is 62.3 Å². The second kappa shape index (κ2) is 11.7. The Morgan fingerprint density at radius 3 is 2.69 bits per heavy atom. The maximum atomic E-state index is 12.6. The van der Waals surface area contributed by atoms with E-state index in [2.05, 4.69) is 54.3 Å². The summed E-state index contributed by atoms with van der Waals surface area (Å²) in [6.07, 6.45) is 14.5. The maximum Gasteiger partial charge on any atom is 0.0906 e. The van der Waals surface area contributed by atoms with E-state index in [0.29, 0.717) is 23.3 Å². The van der Waals surface area contributed by atoms with E-state index in [1.54, 1.807) is 0 Å². The third-order valence-corrected chi connectivity index (χ3v) is 8.60. The lowest BCUT2D eigenvalue weighted by molar-refractivity contribution is 0.301. The lowest BCUT2D eigenvalue weighted by Gasteiger charge is -2.25. The minimum Gasteiger partial charge on any atom is -0.303 e. The van der Waals surface area contributed by atoms with Gasteiger partial charge in [0.05, 0.1) is 6.67 Å². The van der Waals surface area contributed by atoms with Crippen LogP contribution in [0.2, 0.25) is 10.0 Å². The van der Waals surface area contributed by atoms with E-state index in [1.807, 2.05) is 12.1 Å². The number of likely N-dealkylation sites (tertiary alicyclic amines) is 1. The van der Waals surface area contributed by atoms with Crippen LogP contribution in [0.3, 0.4) is 0 Å². The molecule has 36 heavy (non-hydrogen) atoms. The van der Waals surface area contributed by atoms with Gasteiger partial charge in [-0.15, -0.1) is 0 Å². The molecule has 2 aromatic rings. The standard InChI is InChI=1S/C32H36Cl2FN/c1-22-6-12-28-26(18-22)4-2-5-30(29-13-11-27(33)20-31(29)34)32(28)25-9-7-23(8-10-25)19-24-14-17-36(21-24)16-3-15-35/h6-9,11-13,18,20,24-25H,2-5,10,14-17,19,21H2,1H3. The molecule has 0 saturated carbocycles. The first-order valence-electron chi connectivity index (χ1n) is 13.5. The van der Waals surface area contributed by atoms with Crippen molar-refractivity contribution in [2.45, 2.75) is 51.9 Å². The van der Waals surface area contributed by atoms with Gasteiger partial charge in [-0.25, -0.2) is 0 Å². The van der Waals surface area contributed by atoms with Crippen molar-refractivity contribution in [3.8, 4) is 0 Å². The molecule has 2 atom stereocenters. The third kappa shape index (κ3) is 5.82. The number of fused-ring (bicyclic) bond motifs is 1. The van der Waals surface area contributed by atoms with Crippen LogP contribution in [-0.4, -0.2) is 31.2 Å². The summed E-state index contributed by atoms with van der Waals surface area (Å²) in [4.78, 5) is 2.43. The molecular weight excluding hydrogens is 488 g/mol. The van der Waals surface area contributed by atoms with E-state index in [1.165, 1.54) is 39.8 Å². The fourth-order valence-corrected chi connectivity index (χ4v) is 6.83. The van der Waals surface area contributed by atoms with Gasteiger partial charge in [0.15, 0.2) is 0 Å². The van der Waals surface area contributed by atoms with E-state index >= 15 is 0 Å². The fraction of sp³-hybridized carbons (Fsp3) is 0.438.